The first kappa shape index (κ1) is 10.4. The minimum absolute atomic E-state index is 0.194. The van der Waals surface area contributed by atoms with Crippen LogP contribution < -0.4 is 5.73 Å². The summed E-state index contributed by atoms with van der Waals surface area (Å²) in [6.45, 7) is 3.40. The molecular formula is C13H21N3. The quantitative estimate of drug-likeness (QED) is 0.833. The summed E-state index contributed by atoms with van der Waals surface area (Å²) in [5.41, 5.74) is 9.25. The van der Waals surface area contributed by atoms with Gasteiger partial charge in [-0.2, -0.15) is 0 Å². The number of likely N-dealkylation sites (N-methyl/N-ethyl adjacent to an activating group) is 1. The SMILES string of the molecule is CN1CCn2cc(CCC3(N)CC3)cc2C1. The number of rotatable bonds is 3. The van der Waals surface area contributed by atoms with Crippen molar-refractivity contribution < 1.29 is 0 Å². The highest BCUT2D eigenvalue weighted by Gasteiger charge is 2.37. The fraction of sp³-hybridized carbons (Fsp3) is 0.692. The molecule has 1 aromatic rings. The number of fused-ring (bicyclic) bond motifs is 1. The van der Waals surface area contributed by atoms with Gasteiger partial charge in [0.2, 0.25) is 0 Å². The van der Waals surface area contributed by atoms with Crippen molar-refractivity contribution in [2.24, 2.45) is 5.73 Å². The van der Waals surface area contributed by atoms with Gasteiger partial charge in [0.25, 0.3) is 0 Å². The summed E-state index contributed by atoms with van der Waals surface area (Å²) in [5.74, 6) is 0. The predicted molar refractivity (Wildman–Crippen MR) is 65.2 cm³/mol. The normalized spacial score (nSPS) is 23.1. The summed E-state index contributed by atoms with van der Waals surface area (Å²) in [7, 11) is 2.19. The van der Waals surface area contributed by atoms with Gasteiger partial charge in [-0.1, -0.05) is 0 Å². The average Bonchev–Trinajstić information content (AvgIpc) is 2.85. The van der Waals surface area contributed by atoms with Crippen LogP contribution in [0.4, 0.5) is 0 Å². The van der Waals surface area contributed by atoms with E-state index in [1.807, 2.05) is 0 Å². The topological polar surface area (TPSA) is 34.2 Å². The molecule has 88 valence electrons. The van der Waals surface area contributed by atoms with Crippen LogP contribution in [0.5, 0.6) is 0 Å². The Kier molecular flexibility index (Phi) is 2.33. The second-order valence-corrected chi connectivity index (χ2v) is 5.63. The lowest BCUT2D eigenvalue weighted by atomic mass is 10.1. The van der Waals surface area contributed by atoms with Crippen molar-refractivity contribution >= 4 is 0 Å². The van der Waals surface area contributed by atoms with E-state index in [0.29, 0.717) is 0 Å². The smallest absolute Gasteiger partial charge is 0.0384 e. The Labute approximate surface area is 97.2 Å². The first-order chi connectivity index (χ1) is 7.65. The lowest BCUT2D eigenvalue weighted by molar-refractivity contribution is 0.270. The van der Waals surface area contributed by atoms with Crippen LogP contribution in [0.3, 0.4) is 0 Å². The van der Waals surface area contributed by atoms with Crippen molar-refractivity contribution in [2.45, 2.75) is 44.3 Å². The molecule has 0 radical (unpaired) electrons. The largest absolute Gasteiger partial charge is 0.349 e. The van der Waals surface area contributed by atoms with Crippen molar-refractivity contribution in [3.8, 4) is 0 Å². The Balaban J connectivity index is 1.67. The van der Waals surface area contributed by atoms with E-state index >= 15 is 0 Å². The van der Waals surface area contributed by atoms with Crippen molar-refractivity contribution in [1.29, 1.82) is 0 Å². The first-order valence-electron chi connectivity index (χ1n) is 6.30. The Morgan fingerprint density at radius 3 is 2.94 bits per heavy atom. The third-order valence-corrected chi connectivity index (χ3v) is 4.00. The summed E-state index contributed by atoms with van der Waals surface area (Å²) in [5, 5.41) is 0. The Bertz CT molecular complexity index is 390. The van der Waals surface area contributed by atoms with E-state index in [0.717, 1.165) is 25.9 Å². The van der Waals surface area contributed by atoms with Crippen LogP contribution in [0.25, 0.3) is 0 Å². The van der Waals surface area contributed by atoms with Gasteiger partial charge in [-0.05, 0) is 44.4 Å². The Morgan fingerprint density at radius 1 is 1.38 bits per heavy atom. The molecule has 1 aromatic heterocycles. The molecule has 0 saturated heterocycles. The van der Waals surface area contributed by atoms with Crippen LogP contribution in [0, 0.1) is 0 Å². The van der Waals surface area contributed by atoms with E-state index in [1.54, 1.807) is 0 Å². The van der Waals surface area contributed by atoms with Crippen LogP contribution in [-0.4, -0.2) is 28.6 Å². The van der Waals surface area contributed by atoms with E-state index in [-0.39, 0.29) is 5.54 Å². The molecule has 1 fully saturated rings. The molecule has 3 nitrogen and oxygen atoms in total. The van der Waals surface area contributed by atoms with Gasteiger partial charge in [-0.15, -0.1) is 0 Å². The third-order valence-electron chi connectivity index (χ3n) is 4.00. The molecule has 3 heteroatoms. The zero-order valence-corrected chi connectivity index (χ0v) is 10.1. The van der Waals surface area contributed by atoms with E-state index in [2.05, 4.69) is 28.8 Å². The number of hydrogen-bond acceptors (Lipinski definition) is 2. The monoisotopic (exact) mass is 219 g/mol. The molecule has 1 saturated carbocycles. The van der Waals surface area contributed by atoms with E-state index in [1.165, 1.54) is 30.6 Å². The highest BCUT2D eigenvalue weighted by Crippen LogP contribution is 2.36. The molecule has 2 heterocycles. The summed E-state index contributed by atoms with van der Waals surface area (Å²) in [6, 6.07) is 2.36. The molecule has 0 amide bonds. The van der Waals surface area contributed by atoms with Crippen LogP contribution in [0.1, 0.15) is 30.5 Å². The maximum absolute atomic E-state index is 6.12. The molecule has 0 spiro atoms. The van der Waals surface area contributed by atoms with E-state index < -0.39 is 0 Å². The van der Waals surface area contributed by atoms with Crippen LogP contribution in [-0.2, 0) is 19.5 Å². The lowest BCUT2D eigenvalue weighted by Crippen LogP contribution is -2.29. The van der Waals surface area contributed by atoms with Crippen LogP contribution in [0.15, 0.2) is 12.3 Å². The molecule has 1 aliphatic heterocycles. The molecule has 1 aliphatic carbocycles. The fourth-order valence-corrected chi connectivity index (χ4v) is 2.54. The highest BCUT2D eigenvalue weighted by atomic mass is 15.2. The number of nitrogens with zero attached hydrogens (tertiary/aromatic N) is 2. The summed E-state index contributed by atoms with van der Waals surface area (Å²) < 4.78 is 2.41. The molecule has 16 heavy (non-hydrogen) atoms. The van der Waals surface area contributed by atoms with Gasteiger partial charge in [-0.25, -0.2) is 0 Å². The third kappa shape index (κ3) is 2.02. The molecule has 3 rings (SSSR count). The number of nitrogens with two attached hydrogens (primary N) is 1. The maximum atomic E-state index is 6.12. The van der Waals surface area contributed by atoms with Gasteiger partial charge >= 0.3 is 0 Å². The van der Waals surface area contributed by atoms with E-state index in [9.17, 15) is 0 Å². The molecule has 2 aliphatic rings. The van der Waals surface area contributed by atoms with Gasteiger partial charge in [0.15, 0.2) is 0 Å². The minimum atomic E-state index is 0.194. The van der Waals surface area contributed by atoms with Crippen molar-refractivity contribution in [3.05, 3.63) is 23.5 Å². The van der Waals surface area contributed by atoms with Gasteiger partial charge in [0.1, 0.15) is 0 Å². The standard InChI is InChI=1S/C13H21N3/c1-15-6-7-16-9-11(8-12(16)10-15)2-3-13(14)4-5-13/h8-9H,2-7,10,14H2,1H3. The van der Waals surface area contributed by atoms with Crippen molar-refractivity contribution in [2.75, 3.05) is 13.6 Å². The van der Waals surface area contributed by atoms with Crippen LogP contribution in [0.2, 0.25) is 0 Å². The molecule has 0 aromatic carbocycles. The lowest BCUT2D eigenvalue weighted by Gasteiger charge is -2.24. The average molecular weight is 219 g/mol. The molecular weight excluding hydrogens is 198 g/mol. The Morgan fingerprint density at radius 2 is 2.19 bits per heavy atom. The van der Waals surface area contributed by atoms with E-state index in [4.69, 9.17) is 5.73 Å². The summed E-state index contributed by atoms with van der Waals surface area (Å²) in [6.07, 6.45) is 7.09. The zero-order chi connectivity index (χ0) is 11.2. The maximum Gasteiger partial charge on any atom is 0.0384 e. The van der Waals surface area contributed by atoms with Crippen LogP contribution >= 0.6 is 0 Å². The molecule has 0 unspecified atom stereocenters. The molecule has 0 atom stereocenters. The first-order valence-corrected chi connectivity index (χ1v) is 6.30. The second kappa shape index (κ2) is 3.60. The summed E-state index contributed by atoms with van der Waals surface area (Å²) in [4.78, 5) is 2.38. The summed E-state index contributed by atoms with van der Waals surface area (Å²) >= 11 is 0. The minimum Gasteiger partial charge on any atom is -0.349 e. The molecule has 0 bridgehead atoms. The number of hydrogen-bond donors (Lipinski definition) is 1. The zero-order valence-electron chi connectivity index (χ0n) is 10.1. The van der Waals surface area contributed by atoms with Gasteiger partial charge < -0.3 is 10.3 Å². The Hall–Kier alpha value is -0.800. The fourth-order valence-electron chi connectivity index (χ4n) is 2.54. The van der Waals surface area contributed by atoms with Gasteiger partial charge in [0, 0.05) is 37.1 Å². The number of aromatic nitrogens is 1. The number of aryl methyl sites for hydroxylation is 1. The van der Waals surface area contributed by atoms with Gasteiger partial charge in [0.05, 0.1) is 0 Å². The highest BCUT2D eigenvalue weighted by molar-refractivity contribution is 5.21. The predicted octanol–water partition coefficient (Wildman–Crippen LogP) is 1.36. The van der Waals surface area contributed by atoms with Crippen molar-refractivity contribution in [1.82, 2.24) is 9.47 Å². The van der Waals surface area contributed by atoms with Gasteiger partial charge in [-0.3, -0.25) is 4.90 Å². The molecule has 2 N–H and O–H groups in total. The second-order valence-electron chi connectivity index (χ2n) is 5.63. The van der Waals surface area contributed by atoms with Crippen molar-refractivity contribution in [3.63, 3.8) is 0 Å².